The number of thiocarbonyl (C=S) groups is 1. The van der Waals surface area contributed by atoms with Crippen molar-refractivity contribution >= 4 is 52.2 Å². The van der Waals surface area contributed by atoms with E-state index in [1.54, 1.807) is 18.2 Å². The highest BCUT2D eigenvalue weighted by molar-refractivity contribution is 8.26. The number of hydrogen-bond acceptors (Lipinski definition) is 6. The van der Waals surface area contributed by atoms with Gasteiger partial charge in [-0.25, -0.2) is 0 Å². The van der Waals surface area contributed by atoms with Gasteiger partial charge in [-0.3, -0.25) is 19.3 Å². The molecule has 9 heteroatoms. The molecule has 1 fully saturated rings. The molecule has 1 unspecified atom stereocenters. The maximum absolute atomic E-state index is 12.5. The number of benzene rings is 1. The first-order valence-electron chi connectivity index (χ1n) is 6.86. The van der Waals surface area contributed by atoms with Crippen molar-refractivity contribution < 1.29 is 24.6 Å². The van der Waals surface area contributed by atoms with Crippen LogP contribution in [0.5, 0.6) is 5.75 Å². The Morgan fingerprint density at radius 3 is 2.71 bits per heavy atom. The van der Waals surface area contributed by atoms with Crippen LogP contribution >= 0.6 is 24.0 Å². The summed E-state index contributed by atoms with van der Waals surface area (Å²) >= 11 is 6.16. The fourth-order valence-corrected chi connectivity index (χ4v) is 3.40. The monoisotopic (exact) mass is 366 g/mol. The van der Waals surface area contributed by atoms with Crippen LogP contribution in [0.2, 0.25) is 0 Å². The molecule has 0 bridgehead atoms. The molecule has 2 rings (SSSR count). The first kappa shape index (κ1) is 18.0. The zero-order valence-electron chi connectivity index (χ0n) is 12.6. The molecule has 126 valence electrons. The lowest BCUT2D eigenvalue weighted by atomic mass is 10.2. The summed E-state index contributed by atoms with van der Waals surface area (Å²) in [5.41, 5.74) is 0.459. The van der Waals surface area contributed by atoms with Crippen molar-refractivity contribution in [3.63, 3.8) is 0 Å². The van der Waals surface area contributed by atoms with Gasteiger partial charge < -0.3 is 15.5 Å². The van der Waals surface area contributed by atoms with Crippen LogP contribution < -0.4 is 5.32 Å². The molecule has 1 atom stereocenters. The number of carboxylic acids is 1. The summed E-state index contributed by atoms with van der Waals surface area (Å²) in [6.07, 6.45) is 1.50. The van der Waals surface area contributed by atoms with Crippen LogP contribution in [0.25, 0.3) is 6.08 Å². The number of hydrogen-bond donors (Lipinski definition) is 3. The molecule has 1 aliphatic heterocycles. The van der Waals surface area contributed by atoms with Crippen molar-refractivity contribution in [3.8, 4) is 5.75 Å². The van der Waals surface area contributed by atoms with E-state index in [0.717, 1.165) is 16.7 Å². The van der Waals surface area contributed by atoms with E-state index in [-0.39, 0.29) is 15.0 Å². The first-order valence-corrected chi connectivity index (χ1v) is 8.08. The molecule has 2 amide bonds. The van der Waals surface area contributed by atoms with Crippen molar-refractivity contribution in [1.29, 1.82) is 0 Å². The van der Waals surface area contributed by atoms with E-state index in [4.69, 9.17) is 17.3 Å². The average Bonchev–Trinajstić information content (AvgIpc) is 2.80. The van der Waals surface area contributed by atoms with Gasteiger partial charge in [-0.15, -0.1) is 0 Å². The number of nitrogens with zero attached hydrogens (tertiary/aromatic N) is 1. The normalized spacial score (nSPS) is 17.2. The first-order chi connectivity index (χ1) is 11.3. The number of para-hydroxylation sites is 1. The fraction of sp³-hybridized carbons (Fsp3) is 0.200. The summed E-state index contributed by atoms with van der Waals surface area (Å²) in [6.45, 7) is 0.927. The summed E-state index contributed by atoms with van der Waals surface area (Å²) in [5.74, 6) is -2.24. The minimum Gasteiger partial charge on any atom is -0.507 e. The second-order valence-corrected chi connectivity index (χ2v) is 6.57. The molecule has 0 aromatic heterocycles. The molecule has 1 aromatic carbocycles. The molecule has 3 N–H and O–H groups in total. The lowest BCUT2D eigenvalue weighted by molar-refractivity contribution is -0.139. The van der Waals surface area contributed by atoms with Gasteiger partial charge in [0.2, 0.25) is 5.91 Å². The number of phenols is 1. The van der Waals surface area contributed by atoms with Gasteiger partial charge >= 0.3 is 5.97 Å². The Kier molecular flexibility index (Phi) is 5.58. The number of thioether (sulfide) groups is 1. The third-order valence-corrected chi connectivity index (χ3v) is 4.56. The van der Waals surface area contributed by atoms with Gasteiger partial charge in [0.05, 0.1) is 4.91 Å². The quantitative estimate of drug-likeness (QED) is 0.531. The second kappa shape index (κ2) is 7.45. The molecule has 7 nitrogen and oxygen atoms in total. The molecule has 1 aromatic rings. The third-order valence-electron chi connectivity index (χ3n) is 3.23. The number of nitrogens with one attached hydrogen (secondary N) is 1. The van der Waals surface area contributed by atoms with Crippen LogP contribution in [0.3, 0.4) is 0 Å². The Morgan fingerprint density at radius 2 is 2.08 bits per heavy atom. The Bertz CT molecular complexity index is 747. The highest BCUT2D eigenvalue weighted by atomic mass is 32.2. The summed E-state index contributed by atoms with van der Waals surface area (Å²) in [4.78, 5) is 36.3. The van der Waals surface area contributed by atoms with E-state index in [9.17, 15) is 19.5 Å². The van der Waals surface area contributed by atoms with Crippen LogP contribution in [0.15, 0.2) is 29.2 Å². The van der Waals surface area contributed by atoms with E-state index in [1.807, 2.05) is 0 Å². The van der Waals surface area contributed by atoms with Crippen molar-refractivity contribution in [2.24, 2.45) is 0 Å². The molecule has 0 saturated carbocycles. The number of aromatic hydroxyl groups is 1. The predicted octanol–water partition coefficient (Wildman–Crippen LogP) is 1.18. The van der Waals surface area contributed by atoms with Crippen LogP contribution in [-0.4, -0.2) is 49.8 Å². The number of rotatable bonds is 5. The van der Waals surface area contributed by atoms with E-state index in [2.05, 4.69) is 5.32 Å². The fourth-order valence-electron chi connectivity index (χ4n) is 1.99. The van der Waals surface area contributed by atoms with E-state index >= 15 is 0 Å². The highest BCUT2D eigenvalue weighted by Gasteiger charge is 2.38. The molecular weight excluding hydrogens is 352 g/mol. The Labute approximate surface area is 147 Å². The number of amides is 2. The number of carbonyl (C=O) groups is 3. The van der Waals surface area contributed by atoms with Gasteiger partial charge in [0.1, 0.15) is 22.7 Å². The third kappa shape index (κ3) is 3.92. The topological polar surface area (TPSA) is 107 Å². The van der Waals surface area contributed by atoms with Gasteiger partial charge in [0.25, 0.3) is 5.91 Å². The van der Waals surface area contributed by atoms with Gasteiger partial charge in [0, 0.05) is 5.56 Å². The number of carbonyl (C=O) groups excluding carboxylic acids is 2. The molecular formula is C15H14N2O5S2. The molecule has 0 aliphatic carbocycles. The van der Waals surface area contributed by atoms with Gasteiger partial charge in [0.15, 0.2) is 0 Å². The van der Waals surface area contributed by atoms with E-state index < -0.39 is 30.4 Å². The smallest absolute Gasteiger partial charge is 0.322 e. The lowest BCUT2D eigenvalue weighted by Crippen LogP contribution is -2.48. The van der Waals surface area contributed by atoms with Crippen molar-refractivity contribution in [1.82, 2.24) is 10.2 Å². The standard InChI is InChI=1S/C15H14N2O5S2/c1-8(13(21)16-7-12(19)20)17-14(22)11(24-15(17)23)6-9-4-2-3-5-10(9)18/h2-6,8,18H,7H2,1H3,(H,16,21)(H,19,20)/b11-6-. The van der Waals surface area contributed by atoms with Crippen molar-refractivity contribution in [2.45, 2.75) is 13.0 Å². The van der Waals surface area contributed by atoms with Crippen LogP contribution in [0.1, 0.15) is 12.5 Å². The van der Waals surface area contributed by atoms with Crippen LogP contribution in [-0.2, 0) is 14.4 Å². The summed E-state index contributed by atoms with van der Waals surface area (Å²) in [7, 11) is 0. The summed E-state index contributed by atoms with van der Waals surface area (Å²) in [5, 5.41) is 20.6. The van der Waals surface area contributed by atoms with E-state index in [1.165, 1.54) is 19.1 Å². The molecule has 1 saturated heterocycles. The minimum absolute atomic E-state index is 0.0232. The molecule has 0 spiro atoms. The SMILES string of the molecule is CC(C(=O)NCC(=O)O)N1C(=O)/C(=C/c2ccccc2O)SC1=S. The predicted molar refractivity (Wildman–Crippen MR) is 93.2 cm³/mol. The van der Waals surface area contributed by atoms with E-state index in [0.29, 0.717) is 5.56 Å². The zero-order valence-corrected chi connectivity index (χ0v) is 14.2. The maximum Gasteiger partial charge on any atom is 0.322 e. The van der Waals surface area contributed by atoms with Gasteiger partial charge in [-0.2, -0.15) is 0 Å². The molecule has 1 heterocycles. The Hall–Kier alpha value is -2.39. The Morgan fingerprint density at radius 1 is 1.42 bits per heavy atom. The highest BCUT2D eigenvalue weighted by Crippen LogP contribution is 2.35. The van der Waals surface area contributed by atoms with Gasteiger partial charge in [-0.1, -0.05) is 42.2 Å². The largest absolute Gasteiger partial charge is 0.507 e. The number of phenolic OH excluding ortho intramolecular Hbond substituents is 1. The molecule has 24 heavy (non-hydrogen) atoms. The maximum atomic E-state index is 12.5. The second-order valence-electron chi connectivity index (χ2n) is 4.90. The van der Waals surface area contributed by atoms with Crippen molar-refractivity contribution in [3.05, 3.63) is 34.7 Å². The minimum atomic E-state index is -1.18. The summed E-state index contributed by atoms with van der Waals surface area (Å²) in [6, 6.07) is 5.58. The summed E-state index contributed by atoms with van der Waals surface area (Å²) < 4.78 is 0.194. The van der Waals surface area contributed by atoms with Crippen LogP contribution in [0, 0.1) is 0 Å². The molecule has 1 aliphatic rings. The Balaban J connectivity index is 2.18. The van der Waals surface area contributed by atoms with Crippen LogP contribution in [0.4, 0.5) is 0 Å². The number of aliphatic carboxylic acids is 1. The van der Waals surface area contributed by atoms with Crippen molar-refractivity contribution in [2.75, 3.05) is 6.54 Å². The zero-order chi connectivity index (χ0) is 17.9. The number of carboxylic acid groups (broad SMARTS) is 1. The lowest BCUT2D eigenvalue weighted by Gasteiger charge is -2.21. The average molecular weight is 366 g/mol. The van der Waals surface area contributed by atoms with Gasteiger partial charge in [-0.05, 0) is 19.1 Å². The molecule has 0 radical (unpaired) electrons.